The maximum absolute atomic E-state index is 4.55. The van der Waals surface area contributed by atoms with E-state index >= 15 is 0 Å². The topological polar surface area (TPSA) is 3.24 Å². The first-order valence-electron chi connectivity index (χ1n) is 6.46. The molecule has 96 valence electrons. The van der Waals surface area contributed by atoms with E-state index in [9.17, 15) is 0 Å². The summed E-state index contributed by atoms with van der Waals surface area (Å²) in [4.78, 5) is 2.37. The molecule has 0 heterocycles. The van der Waals surface area contributed by atoms with Gasteiger partial charge in [-0.1, -0.05) is 32.0 Å². The largest absolute Gasteiger partial charge is 0.374 e. The second-order valence-corrected chi connectivity index (χ2v) is 5.32. The molecule has 0 aliphatic rings. The van der Waals surface area contributed by atoms with Gasteiger partial charge in [-0.2, -0.15) is 12.6 Å². The van der Waals surface area contributed by atoms with Crippen LogP contribution in [0.25, 0.3) is 0 Å². The van der Waals surface area contributed by atoms with Crippen molar-refractivity contribution >= 4 is 18.3 Å². The quantitative estimate of drug-likeness (QED) is 0.743. The lowest BCUT2D eigenvalue weighted by atomic mass is 9.83. The van der Waals surface area contributed by atoms with E-state index in [1.54, 1.807) is 0 Å². The highest BCUT2D eigenvalue weighted by Gasteiger charge is 2.26. The van der Waals surface area contributed by atoms with Crippen molar-refractivity contribution in [1.82, 2.24) is 0 Å². The third-order valence-corrected chi connectivity index (χ3v) is 4.61. The molecule has 0 atom stereocenters. The third-order valence-electron chi connectivity index (χ3n) is 3.93. The fraction of sp³-hybridized carbons (Fsp3) is 0.600. The number of benzene rings is 1. The van der Waals surface area contributed by atoms with Crippen molar-refractivity contribution in [2.24, 2.45) is 5.41 Å². The molecule has 1 rings (SSSR count). The Labute approximate surface area is 112 Å². The number of para-hydroxylation sites is 1. The van der Waals surface area contributed by atoms with E-state index in [0.717, 1.165) is 12.3 Å². The summed E-state index contributed by atoms with van der Waals surface area (Å²) in [6.07, 6.45) is 2.37. The molecule has 1 nitrogen and oxygen atoms in total. The van der Waals surface area contributed by atoms with E-state index < -0.39 is 0 Å². The lowest BCUT2D eigenvalue weighted by molar-refractivity contribution is 0.314. The molecule has 0 aliphatic carbocycles. The van der Waals surface area contributed by atoms with Gasteiger partial charge in [0, 0.05) is 19.3 Å². The lowest BCUT2D eigenvalue weighted by Gasteiger charge is -2.36. The monoisotopic (exact) mass is 251 g/mol. The number of thiol groups is 1. The van der Waals surface area contributed by atoms with E-state index in [2.05, 4.69) is 69.6 Å². The fourth-order valence-corrected chi connectivity index (χ4v) is 2.87. The maximum Gasteiger partial charge on any atom is 0.0393 e. The Kier molecular flexibility index (Phi) is 5.38. The highest BCUT2D eigenvalue weighted by Crippen LogP contribution is 2.31. The number of hydrogen-bond donors (Lipinski definition) is 1. The van der Waals surface area contributed by atoms with Crippen molar-refractivity contribution in [3.05, 3.63) is 29.8 Å². The molecule has 0 unspecified atom stereocenters. The number of rotatable bonds is 6. The van der Waals surface area contributed by atoms with Crippen LogP contribution in [0.4, 0.5) is 5.69 Å². The summed E-state index contributed by atoms with van der Waals surface area (Å²) >= 11 is 4.55. The zero-order valence-corrected chi connectivity index (χ0v) is 12.4. The van der Waals surface area contributed by atoms with Crippen molar-refractivity contribution in [1.29, 1.82) is 0 Å². The SMILES string of the molecule is CCC(CC)(CS)CN(C)c1ccccc1C. The molecule has 0 amide bonds. The minimum Gasteiger partial charge on any atom is -0.374 e. The minimum atomic E-state index is 0.333. The zero-order valence-electron chi connectivity index (χ0n) is 11.5. The number of aryl methyl sites for hydroxylation is 1. The van der Waals surface area contributed by atoms with Gasteiger partial charge in [0.25, 0.3) is 0 Å². The molecule has 0 aromatic heterocycles. The molecular formula is C15H25NS. The summed E-state index contributed by atoms with van der Waals surface area (Å²) in [6.45, 7) is 7.79. The summed E-state index contributed by atoms with van der Waals surface area (Å²) in [6, 6.07) is 8.58. The van der Waals surface area contributed by atoms with E-state index in [1.807, 2.05) is 0 Å². The first-order valence-corrected chi connectivity index (χ1v) is 7.09. The Morgan fingerprint density at radius 3 is 2.24 bits per heavy atom. The molecular weight excluding hydrogens is 226 g/mol. The smallest absolute Gasteiger partial charge is 0.0393 e. The van der Waals surface area contributed by atoms with Crippen molar-refractivity contribution < 1.29 is 0 Å². The van der Waals surface area contributed by atoms with Crippen LogP contribution in [0, 0.1) is 12.3 Å². The van der Waals surface area contributed by atoms with Gasteiger partial charge in [-0.25, -0.2) is 0 Å². The number of hydrogen-bond acceptors (Lipinski definition) is 2. The molecule has 0 fully saturated rings. The van der Waals surface area contributed by atoms with Crippen molar-refractivity contribution in [3.63, 3.8) is 0 Å². The van der Waals surface area contributed by atoms with Crippen molar-refractivity contribution in [2.45, 2.75) is 33.6 Å². The summed E-state index contributed by atoms with van der Waals surface area (Å²) in [7, 11) is 2.19. The summed E-state index contributed by atoms with van der Waals surface area (Å²) in [5.41, 5.74) is 3.01. The molecule has 0 aliphatic heterocycles. The summed E-state index contributed by atoms with van der Waals surface area (Å²) in [5.74, 6) is 0.955. The lowest BCUT2D eigenvalue weighted by Crippen LogP contribution is -2.36. The third kappa shape index (κ3) is 3.41. The maximum atomic E-state index is 4.55. The van der Waals surface area contributed by atoms with Gasteiger partial charge in [0.05, 0.1) is 0 Å². The van der Waals surface area contributed by atoms with Gasteiger partial charge >= 0.3 is 0 Å². The van der Waals surface area contributed by atoms with Gasteiger partial charge in [0.1, 0.15) is 0 Å². The summed E-state index contributed by atoms with van der Waals surface area (Å²) in [5, 5.41) is 0. The standard InChI is InChI=1S/C15H25NS/c1-5-15(6-2,12-17)11-16(4)14-10-8-7-9-13(14)3/h7-10,17H,5-6,11-12H2,1-4H3. The van der Waals surface area contributed by atoms with Gasteiger partial charge in [-0.05, 0) is 42.6 Å². The zero-order chi connectivity index (χ0) is 12.9. The van der Waals surface area contributed by atoms with E-state index in [-0.39, 0.29) is 0 Å². The molecule has 0 spiro atoms. The molecule has 0 radical (unpaired) electrons. The molecule has 2 heteroatoms. The predicted octanol–water partition coefficient (Wildman–Crippen LogP) is 4.17. The normalized spacial score (nSPS) is 11.6. The molecule has 1 aromatic carbocycles. The molecule has 1 aromatic rings. The first kappa shape index (κ1) is 14.4. The molecule has 17 heavy (non-hydrogen) atoms. The van der Waals surface area contributed by atoms with Crippen molar-refractivity contribution in [2.75, 3.05) is 24.2 Å². The highest BCUT2D eigenvalue weighted by molar-refractivity contribution is 7.80. The average molecular weight is 251 g/mol. The molecule has 0 N–H and O–H groups in total. The number of nitrogens with zero attached hydrogens (tertiary/aromatic N) is 1. The fourth-order valence-electron chi connectivity index (χ4n) is 2.33. The number of anilines is 1. The van der Waals surface area contributed by atoms with Gasteiger partial charge in [-0.15, -0.1) is 0 Å². The Morgan fingerprint density at radius 2 is 1.76 bits per heavy atom. The second-order valence-electron chi connectivity index (χ2n) is 5.01. The van der Waals surface area contributed by atoms with Gasteiger partial charge in [-0.3, -0.25) is 0 Å². The molecule has 0 bridgehead atoms. The Balaban J connectivity index is 2.84. The van der Waals surface area contributed by atoms with Crippen molar-refractivity contribution in [3.8, 4) is 0 Å². The van der Waals surface area contributed by atoms with Crippen LogP contribution in [-0.2, 0) is 0 Å². The Bertz CT molecular complexity index is 336. The van der Waals surface area contributed by atoms with Gasteiger partial charge in [0.15, 0.2) is 0 Å². The highest BCUT2D eigenvalue weighted by atomic mass is 32.1. The van der Waals surface area contributed by atoms with Crippen LogP contribution in [0.1, 0.15) is 32.3 Å². The van der Waals surface area contributed by atoms with Crippen LogP contribution in [-0.4, -0.2) is 19.3 Å². The minimum absolute atomic E-state index is 0.333. The molecule has 0 saturated carbocycles. The average Bonchev–Trinajstić information content (AvgIpc) is 2.36. The van der Waals surface area contributed by atoms with Crippen LogP contribution in [0.3, 0.4) is 0 Å². The second kappa shape index (κ2) is 6.34. The molecule has 0 saturated heterocycles. The Hall–Kier alpha value is -0.630. The summed E-state index contributed by atoms with van der Waals surface area (Å²) < 4.78 is 0. The van der Waals surface area contributed by atoms with Crippen LogP contribution in [0.15, 0.2) is 24.3 Å². The Morgan fingerprint density at radius 1 is 1.18 bits per heavy atom. The van der Waals surface area contributed by atoms with Gasteiger partial charge < -0.3 is 4.90 Å². The van der Waals surface area contributed by atoms with Crippen LogP contribution >= 0.6 is 12.6 Å². The van der Waals surface area contributed by atoms with Crippen LogP contribution in [0.5, 0.6) is 0 Å². The van der Waals surface area contributed by atoms with Crippen LogP contribution in [0.2, 0.25) is 0 Å². The van der Waals surface area contributed by atoms with E-state index in [0.29, 0.717) is 5.41 Å². The first-order chi connectivity index (χ1) is 8.08. The van der Waals surface area contributed by atoms with Gasteiger partial charge in [0.2, 0.25) is 0 Å². The van der Waals surface area contributed by atoms with E-state index in [1.165, 1.54) is 24.1 Å². The van der Waals surface area contributed by atoms with Crippen LogP contribution < -0.4 is 4.90 Å². The van der Waals surface area contributed by atoms with E-state index in [4.69, 9.17) is 0 Å². The predicted molar refractivity (Wildman–Crippen MR) is 81.3 cm³/mol.